The first-order chi connectivity index (χ1) is 9.74. The lowest BCUT2D eigenvalue weighted by Crippen LogP contribution is -2.06. The summed E-state index contributed by atoms with van der Waals surface area (Å²) >= 11 is 0. The van der Waals surface area contributed by atoms with Crippen LogP contribution in [0.1, 0.15) is 16.8 Å². The Morgan fingerprint density at radius 1 is 1.25 bits per heavy atom. The van der Waals surface area contributed by atoms with E-state index in [0.717, 1.165) is 18.5 Å². The van der Waals surface area contributed by atoms with Crippen molar-refractivity contribution in [1.29, 1.82) is 0 Å². The molecule has 0 aliphatic rings. The second-order valence-corrected chi connectivity index (χ2v) is 4.34. The van der Waals surface area contributed by atoms with Crippen LogP contribution in [0.15, 0.2) is 30.6 Å². The fourth-order valence-electron chi connectivity index (χ4n) is 2.00. The highest BCUT2D eigenvalue weighted by molar-refractivity contribution is 5.92. The maximum absolute atomic E-state index is 10.9. The van der Waals surface area contributed by atoms with Gasteiger partial charge >= 0.3 is 5.97 Å². The SMILES string of the molecule is O=C(O)c1ccc2c(c1)nnn2CCCn1ccnn1. The smallest absolute Gasteiger partial charge is 0.335 e. The average Bonchev–Trinajstić information content (AvgIpc) is 3.08. The van der Waals surface area contributed by atoms with Gasteiger partial charge in [0.2, 0.25) is 0 Å². The molecule has 1 aromatic carbocycles. The van der Waals surface area contributed by atoms with Gasteiger partial charge < -0.3 is 5.11 Å². The fraction of sp³-hybridized carbons (Fsp3) is 0.250. The molecule has 2 heterocycles. The van der Waals surface area contributed by atoms with E-state index < -0.39 is 5.97 Å². The lowest BCUT2D eigenvalue weighted by Gasteiger charge is -2.02. The van der Waals surface area contributed by atoms with Crippen molar-refractivity contribution in [1.82, 2.24) is 30.0 Å². The van der Waals surface area contributed by atoms with E-state index in [9.17, 15) is 4.79 Å². The molecule has 8 nitrogen and oxygen atoms in total. The summed E-state index contributed by atoms with van der Waals surface area (Å²) in [5.74, 6) is -0.965. The van der Waals surface area contributed by atoms with Crippen molar-refractivity contribution in [3.8, 4) is 0 Å². The number of carboxylic acids is 1. The zero-order valence-corrected chi connectivity index (χ0v) is 10.5. The Labute approximate surface area is 113 Å². The minimum atomic E-state index is -0.965. The minimum Gasteiger partial charge on any atom is -0.478 e. The zero-order valence-electron chi connectivity index (χ0n) is 10.5. The second kappa shape index (κ2) is 5.08. The maximum atomic E-state index is 10.9. The molecule has 0 bridgehead atoms. The standard InChI is InChI=1S/C12H12N6O2/c19-12(20)9-2-3-11-10(8-9)14-16-18(11)6-1-5-17-7-4-13-15-17/h2-4,7-8H,1,5-6H2,(H,19,20). The minimum absolute atomic E-state index is 0.215. The normalized spacial score (nSPS) is 11.0. The number of nitrogens with zero attached hydrogens (tertiary/aromatic N) is 6. The van der Waals surface area contributed by atoms with E-state index in [1.807, 2.05) is 0 Å². The third-order valence-corrected chi connectivity index (χ3v) is 2.99. The Bertz CT molecular complexity index is 734. The van der Waals surface area contributed by atoms with E-state index in [4.69, 9.17) is 5.11 Å². The lowest BCUT2D eigenvalue weighted by atomic mass is 10.2. The van der Waals surface area contributed by atoms with Crippen LogP contribution in [0, 0.1) is 0 Å². The first-order valence-corrected chi connectivity index (χ1v) is 6.15. The molecule has 8 heteroatoms. The molecule has 2 aromatic heterocycles. The molecule has 0 saturated carbocycles. The lowest BCUT2D eigenvalue weighted by molar-refractivity contribution is 0.0697. The average molecular weight is 272 g/mol. The molecule has 3 aromatic rings. The number of aryl methyl sites for hydroxylation is 2. The van der Waals surface area contributed by atoms with Gasteiger partial charge in [-0.05, 0) is 24.6 Å². The molecule has 0 aliphatic carbocycles. The van der Waals surface area contributed by atoms with Crippen molar-refractivity contribution in [2.24, 2.45) is 0 Å². The van der Waals surface area contributed by atoms with Gasteiger partial charge in [0, 0.05) is 19.3 Å². The van der Waals surface area contributed by atoms with Crippen LogP contribution < -0.4 is 0 Å². The molecule has 0 amide bonds. The van der Waals surface area contributed by atoms with Crippen molar-refractivity contribution in [3.05, 3.63) is 36.2 Å². The molecule has 102 valence electrons. The number of carbonyl (C=O) groups is 1. The fourth-order valence-corrected chi connectivity index (χ4v) is 2.00. The van der Waals surface area contributed by atoms with Gasteiger partial charge in [-0.1, -0.05) is 10.4 Å². The largest absolute Gasteiger partial charge is 0.478 e. The number of carboxylic acid groups (broad SMARTS) is 1. The Hall–Kier alpha value is -2.77. The van der Waals surface area contributed by atoms with Gasteiger partial charge in [-0.25, -0.2) is 9.48 Å². The molecule has 0 saturated heterocycles. The molecule has 1 N–H and O–H groups in total. The molecule has 0 atom stereocenters. The van der Waals surface area contributed by atoms with Crippen molar-refractivity contribution >= 4 is 17.0 Å². The van der Waals surface area contributed by atoms with E-state index in [-0.39, 0.29) is 5.56 Å². The molecule has 0 aliphatic heterocycles. The number of hydrogen-bond donors (Lipinski definition) is 1. The van der Waals surface area contributed by atoms with E-state index in [1.165, 1.54) is 6.07 Å². The van der Waals surface area contributed by atoms with Crippen LogP contribution in [0.2, 0.25) is 0 Å². The van der Waals surface area contributed by atoms with Crippen molar-refractivity contribution < 1.29 is 9.90 Å². The summed E-state index contributed by atoms with van der Waals surface area (Å²) in [6.07, 6.45) is 4.28. The van der Waals surface area contributed by atoms with Crippen LogP contribution in [0.25, 0.3) is 11.0 Å². The molecule has 0 fully saturated rings. The predicted molar refractivity (Wildman–Crippen MR) is 69.1 cm³/mol. The summed E-state index contributed by atoms with van der Waals surface area (Å²) in [5.41, 5.74) is 1.63. The molecule has 3 rings (SSSR count). The molecule has 0 radical (unpaired) electrons. The van der Waals surface area contributed by atoms with Crippen molar-refractivity contribution in [2.45, 2.75) is 19.5 Å². The number of aromatic carboxylic acids is 1. The Morgan fingerprint density at radius 3 is 2.90 bits per heavy atom. The number of hydrogen-bond acceptors (Lipinski definition) is 5. The van der Waals surface area contributed by atoms with Crippen molar-refractivity contribution in [3.63, 3.8) is 0 Å². The highest BCUT2D eigenvalue weighted by atomic mass is 16.4. The number of fused-ring (bicyclic) bond motifs is 1. The van der Waals surface area contributed by atoms with E-state index >= 15 is 0 Å². The number of rotatable bonds is 5. The number of benzene rings is 1. The van der Waals surface area contributed by atoms with Gasteiger partial charge in [0.15, 0.2) is 0 Å². The van der Waals surface area contributed by atoms with Crippen LogP contribution in [0.5, 0.6) is 0 Å². The summed E-state index contributed by atoms with van der Waals surface area (Å²) in [6.45, 7) is 1.43. The quantitative estimate of drug-likeness (QED) is 0.738. The van der Waals surface area contributed by atoms with E-state index in [1.54, 1.807) is 33.9 Å². The third-order valence-electron chi connectivity index (χ3n) is 2.99. The summed E-state index contributed by atoms with van der Waals surface area (Å²) in [7, 11) is 0. The molecule has 20 heavy (non-hydrogen) atoms. The van der Waals surface area contributed by atoms with E-state index in [0.29, 0.717) is 12.1 Å². The van der Waals surface area contributed by atoms with Gasteiger partial charge in [0.1, 0.15) is 5.52 Å². The molecule has 0 unspecified atom stereocenters. The van der Waals surface area contributed by atoms with E-state index in [2.05, 4.69) is 20.6 Å². The Balaban J connectivity index is 1.73. The van der Waals surface area contributed by atoms with Gasteiger partial charge in [0.05, 0.1) is 17.3 Å². The zero-order chi connectivity index (χ0) is 13.9. The molecule has 0 spiro atoms. The van der Waals surface area contributed by atoms with Gasteiger partial charge in [-0.3, -0.25) is 4.68 Å². The predicted octanol–water partition coefficient (Wildman–Crippen LogP) is 0.811. The first-order valence-electron chi connectivity index (χ1n) is 6.15. The van der Waals surface area contributed by atoms with Gasteiger partial charge in [-0.2, -0.15) is 0 Å². The summed E-state index contributed by atoms with van der Waals surface area (Å²) < 4.78 is 3.51. The van der Waals surface area contributed by atoms with Crippen molar-refractivity contribution in [2.75, 3.05) is 0 Å². The monoisotopic (exact) mass is 272 g/mol. The van der Waals surface area contributed by atoms with Crippen LogP contribution >= 0.6 is 0 Å². The van der Waals surface area contributed by atoms with Crippen LogP contribution in [-0.2, 0) is 13.1 Å². The Kier molecular flexibility index (Phi) is 3.12. The summed E-state index contributed by atoms with van der Waals surface area (Å²) in [6, 6.07) is 4.81. The molecular formula is C12H12N6O2. The van der Waals surface area contributed by atoms with Gasteiger partial charge in [-0.15, -0.1) is 10.2 Å². The summed E-state index contributed by atoms with van der Waals surface area (Å²) in [4.78, 5) is 10.9. The maximum Gasteiger partial charge on any atom is 0.335 e. The number of aromatic nitrogens is 6. The Morgan fingerprint density at radius 2 is 2.15 bits per heavy atom. The van der Waals surface area contributed by atoms with Crippen LogP contribution in [0.3, 0.4) is 0 Å². The third kappa shape index (κ3) is 2.35. The highest BCUT2D eigenvalue weighted by Crippen LogP contribution is 2.14. The topological polar surface area (TPSA) is 98.7 Å². The highest BCUT2D eigenvalue weighted by Gasteiger charge is 2.08. The van der Waals surface area contributed by atoms with Crippen LogP contribution in [0.4, 0.5) is 0 Å². The second-order valence-electron chi connectivity index (χ2n) is 4.34. The van der Waals surface area contributed by atoms with Gasteiger partial charge in [0.25, 0.3) is 0 Å². The van der Waals surface area contributed by atoms with Crippen LogP contribution in [-0.4, -0.2) is 41.1 Å². The summed E-state index contributed by atoms with van der Waals surface area (Å²) in [5, 5.41) is 24.6. The molecular weight excluding hydrogens is 260 g/mol. The first kappa shape index (κ1) is 12.3.